The molecule has 25 heavy (non-hydrogen) atoms. The summed E-state index contributed by atoms with van der Waals surface area (Å²) >= 11 is 0. The molecular formula is C20H41N3O2. The Labute approximate surface area is 155 Å². The van der Waals surface area contributed by atoms with E-state index in [4.69, 9.17) is 0 Å². The van der Waals surface area contributed by atoms with E-state index in [1.54, 1.807) is 0 Å². The fourth-order valence-electron chi connectivity index (χ4n) is 2.66. The van der Waals surface area contributed by atoms with Crippen LogP contribution < -0.4 is 16.0 Å². The first-order chi connectivity index (χ1) is 12.2. The highest BCUT2D eigenvalue weighted by Crippen LogP contribution is 2.05. The molecule has 0 spiro atoms. The minimum absolute atomic E-state index is 0.148. The smallest absolute Gasteiger partial charge is 0.220 e. The molecule has 0 aromatic carbocycles. The first-order valence-electron chi connectivity index (χ1n) is 10.4. The Morgan fingerprint density at radius 1 is 0.560 bits per heavy atom. The lowest BCUT2D eigenvalue weighted by Gasteiger charge is -2.08. The number of hydrogen-bond acceptors (Lipinski definition) is 3. The Bertz CT molecular complexity index is 292. The van der Waals surface area contributed by atoms with Crippen molar-refractivity contribution in [3.63, 3.8) is 0 Å². The summed E-state index contributed by atoms with van der Waals surface area (Å²) in [7, 11) is 0. The van der Waals surface area contributed by atoms with Crippen molar-refractivity contribution in [3.05, 3.63) is 0 Å². The van der Waals surface area contributed by atoms with Crippen molar-refractivity contribution in [3.8, 4) is 0 Å². The number of carbonyl (C=O) groups excluding carboxylic acids is 2. The maximum atomic E-state index is 11.6. The zero-order valence-electron chi connectivity index (χ0n) is 16.6. The van der Waals surface area contributed by atoms with Gasteiger partial charge in [0, 0.05) is 39.0 Å². The Hall–Kier alpha value is -1.10. The Kier molecular flexibility index (Phi) is 18.4. The quantitative estimate of drug-likeness (QED) is 0.329. The van der Waals surface area contributed by atoms with Crippen LogP contribution in [0.3, 0.4) is 0 Å². The van der Waals surface area contributed by atoms with Crippen LogP contribution in [0.25, 0.3) is 0 Å². The molecule has 0 rings (SSSR count). The molecule has 5 nitrogen and oxygen atoms in total. The van der Waals surface area contributed by atoms with Gasteiger partial charge in [0.15, 0.2) is 0 Å². The molecule has 0 aliphatic heterocycles. The molecule has 0 heterocycles. The summed E-state index contributed by atoms with van der Waals surface area (Å²) in [6, 6.07) is 0. The molecule has 0 aromatic heterocycles. The summed E-state index contributed by atoms with van der Waals surface area (Å²) in [5.74, 6) is 0.296. The van der Waals surface area contributed by atoms with Crippen LogP contribution in [0.2, 0.25) is 0 Å². The predicted octanol–water partition coefficient (Wildman–Crippen LogP) is 3.53. The maximum Gasteiger partial charge on any atom is 0.220 e. The zero-order valence-corrected chi connectivity index (χ0v) is 16.6. The summed E-state index contributed by atoms with van der Waals surface area (Å²) in [5, 5.41) is 9.09. The second kappa shape index (κ2) is 19.2. The Balaban J connectivity index is 3.26. The molecule has 0 unspecified atom stereocenters. The highest BCUT2D eigenvalue weighted by Gasteiger charge is 2.01. The number of carbonyl (C=O) groups is 2. The maximum absolute atomic E-state index is 11.6. The summed E-state index contributed by atoms with van der Waals surface area (Å²) in [6.07, 6.45) is 13.0. The number of unbranched alkanes of at least 4 members (excludes halogenated alkanes) is 8. The van der Waals surface area contributed by atoms with Gasteiger partial charge in [-0.25, -0.2) is 0 Å². The molecule has 0 radical (unpaired) electrons. The molecule has 0 aromatic rings. The fourth-order valence-corrected chi connectivity index (χ4v) is 2.66. The third kappa shape index (κ3) is 19.1. The van der Waals surface area contributed by atoms with Crippen molar-refractivity contribution >= 4 is 11.8 Å². The van der Waals surface area contributed by atoms with Crippen molar-refractivity contribution in [2.24, 2.45) is 0 Å². The van der Waals surface area contributed by atoms with Crippen molar-refractivity contribution in [2.45, 2.75) is 90.9 Å². The van der Waals surface area contributed by atoms with E-state index in [1.165, 1.54) is 38.5 Å². The van der Waals surface area contributed by atoms with Crippen molar-refractivity contribution in [2.75, 3.05) is 26.2 Å². The lowest BCUT2D eigenvalue weighted by Crippen LogP contribution is -2.36. The van der Waals surface area contributed by atoms with Crippen LogP contribution in [0.4, 0.5) is 0 Å². The van der Waals surface area contributed by atoms with Gasteiger partial charge in [-0.1, -0.05) is 65.2 Å². The van der Waals surface area contributed by atoms with Crippen LogP contribution in [0, 0.1) is 0 Å². The molecule has 0 aliphatic rings. The van der Waals surface area contributed by atoms with Gasteiger partial charge < -0.3 is 16.0 Å². The van der Waals surface area contributed by atoms with Crippen molar-refractivity contribution in [1.82, 2.24) is 16.0 Å². The van der Waals surface area contributed by atoms with Gasteiger partial charge in [0.1, 0.15) is 0 Å². The lowest BCUT2D eigenvalue weighted by molar-refractivity contribution is -0.121. The molecule has 0 fully saturated rings. The van der Waals surface area contributed by atoms with Crippen LogP contribution in [0.1, 0.15) is 90.9 Å². The molecule has 3 N–H and O–H groups in total. The van der Waals surface area contributed by atoms with E-state index in [-0.39, 0.29) is 11.8 Å². The monoisotopic (exact) mass is 355 g/mol. The van der Waals surface area contributed by atoms with E-state index >= 15 is 0 Å². The molecular weight excluding hydrogens is 314 g/mol. The molecule has 0 saturated heterocycles. The van der Waals surface area contributed by atoms with Gasteiger partial charge in [-0.3, -0.25) is 9.59 Å². The molecule has 148 valence electrons. The van der Waals surface area contributed by atoms with Crippen molar-refractivity contribution in [1.29, 1.82) is 0 Å². The van der Waals surface area contributed by atoms with E-state index in [2.05, 4.69) is 29.8 Å². The van der Waals surface area contributed by atoms with E-state index in [0.717, 1.165) is 38.8 Å². The van der Waals surface area contributed by atoms with Crippen LogP contribution in [0.5, 0.6) is 0 Å². The van der Waals surface area contributed by atoms with Crippen molar-refractivity contribution < 1.29 is 9.59 Å². The second-order valence-electron chi connectivity index (χ2n) is 6.78. The largest absolute Gasteiger partial charge is 0.355 e. The van der Waals surface area contributed by atoms with Crippen LogP contribution in [0.15, 0.2) is 0 Å². The van der Waals surface area contributed by atoms with E-state index < -0.39 is 0 Å². The summed E-state index contributed by atoms with van der Waals surface area (Å²) < 4.78 is 0. The van der Waals surface area contributed by atoms with Gasteiger partial charge in [0.05, 0.1) is 0 Å². The molecule has 0 saturated carbocycles. The number of amides is 2. The first-order valence-corrected chi connectivity index (χ1v) is 10.4. The van der Waals surface area contributed by atoms with E-state index in [9.17, 15) is 9.59 Å². The SMILES string of the molecule is CCCCCCCC(=O)NCCNCCNC(=O)CCCCCCC. The van der Waals surface area contributed by atoms with Gasteiger partial charge in [-0.15, -0.1) is 0 Å². The Morgan fingerprint density at radius 2 is 0.960 bits per heavy atom. The minimum Gasteiger partial charge on any atom is -0.355 e. The first kappa shape index (κ1) is 23.9. The summed E-state index contributed by atoms with van der Waals surface area (Å²) in [6.45, 7) is 7.18. The van der Waals surface area contributed by atoms with Crippen LogP contribution in [-0.2, 0) is 9.59 Å². The van der Waals surface area contributed by atoms with Crippen LogP contribution >= 0.6 is 0 Å². The summed E-state index contributed by atoms with van der Waals surface area (Å²) in [4.78, 5) is 23.2. The summed E-state index contributed by atoms with van der Waals surface area (Å²) in [5.41, 5.74) is 0. The molecule has 0 bridgehead atoms. The average Bonchev–Trinajstić information content (AvgIpc) is 2.60. The average molecular weight is 356 g/mol. The van der Waals surface area contributed by atoms with Gasteiger partial charge in [0.25, 0.3) is 0 Å². The number of nitrogens with one attached hydrogen (secondary N) is 3. The van der Waals surface area contributed by atoms with E-state index in [0.29, 0.717) is 25.9 Å². The van der Waals surface area contributed by atoms with Gasteiger partial charge >= 0.3 is 0 Å². The predicted molar refractivity (Wildman–Crippen MR) is 106 cm³/mol. The fraction of sp³-hybridized carbons (Fsp3) is 0.900. The highest BCUT2D eigenvalue weighted by atomic mass is 16.2. The van der Waals surface area contributed by atoms with Gasteiger partial charge in [-0.05, 0) is 12.8 Å². The van der Waals surface area contributed by atoms with Gasteiger partial charge in [0.2, 0.25) is 11.8 Å². The van der Waals surface area contributed by atoms with E-state index in [1.807, 2.05) is 0 Å². The topological polar surface area (TPSA) is 70.2 Å². The number of rotatable bonds is 18. The molecule has 0 aliphatic carbocycles. The lowest BCUT2D eigenvalue weighted by atomic mass is 10.1. The van der Waals surface area contributed by atoms with Crippen LogP contribution in [-0.4, -0.2) is 38.0 Å². The number of hydrogen-bond donors (Lipinski definition) is 3. The highest BCUT2D eigenvalue weighted by molar-refractivity contribution is 5.76. The second-order valence-corrected chi connectivity index (χ2v) is 6.78. The zero-order chi connectivity index (χ0) is 18.6. The molecule has 2 amide bonds. The third-order valence-corrected chi connectivity index (χ3v) is 4.26. The normalized spacial score (nSPS) is 10.6. The third-order valence-electron chi connectivity index (χ3n) is 4.26. The minimum atomic E-state index is 0.148. The standard InChI is InChI=1S/C20H41N3O2/c1-3-5-7-9-11-13-19(24)22-17-15-21-16-18-23-20(25)14-12-10-8-6-4-2/h21H,3-18H2,1-2H3,(H,22,24)(H,23,25). The van der Waals surface area contributed by atoms with Gasteiger partial charge in [-0.2, -0.15) is 0 Å². The molecule has 5 heteroatoms. The molecule has 0 atom stereocenters. The Morgan fingerprint density at radius 3 is 1.36 bits per heavy atom.